The third-order valence-electron chi connectivity index (χ3n) is 7.76. The SMILES string of the molecule is CCN(CC)C(=O)COc1ccc(C2C(C(=O)OC3CCCCC3)=C(C)Nc3nc(SCc4ccccc4)nn32)cc1. The van der Waals surface area contributed by atoms with Crippen molar-refractivity contribution in [2.75, 3.05) is 25.0 Å². The average molecular weight is 590 g/mol. The zero-order valence-electron chi connectivity index (χ0n) is 24.5. The molecule has 5 rings (SSSR count). The Bertz CT molecular complexity index is 1400. The first-order valence-corrected chi connectivity index (χ1v) is 15.8. The number of hydrogen-bond acceptors (Lipinski definition) is 8. The number of carbonyl (C=O) groups excluding carboxylic acids is 2. The second-order valence-corrected chi connectivity index (χ2v) is 11.5. The zero-order valence-corrected chi connectivity index (χ0v) is 25.4. The van der Waals surface area contributed by atoms with E-state index in [1.807, 2.05) is 63.2 Å². The summed E-state index contributed by atoms with van der Waals surface area (Å²) in [5.41, 5.74) is 3.24. The molecule has 1 aliphatic heterocycles. The fraction of sp³-hybridized carbons (Fsp3) is 0.438. The summed E-state index contributed by atoms with van der Waals surface area (Å²) in [4.78, 5) is 32.6. The van der Waals surface area contributed by atoms with Crippen LogP contribution in [0, 0.1) is 0 Å². The van der Waals surface area contributed by atoms with Gasteiger partial charge in [-0.3, -0.25) is 4.79 Å². The topological polar surface area (TPSA) is 98.6 Å². The molecule has 42 heavy (non-hydrogen) atoms. The number of nitrogens with one attached hydrogen (secondary N) is 1. The fourth-order valence-electron chi connectivity index (χ4n) is 5.44. The molecule has 0 bridgehead atoms. The first-order valence-electron chi connectivity index (χ1n) is 14.8. The number of esters is 1. The van der Waals surface area contributed by atoms with E-state index in [0.29, 0.717) is 41.2 Å². The van der Waals surface area contributed by atoms with Crippen LogP contribution in [0.2, 0.25) is 0 Å². The maximum absolute atomic E-state index is 13.7. The van der Waals surface area contributed by atoms with Gasteiger partial charge in [0, 0.05) is 24.5 Å². The van der Waals surface area contributed by atoms with E-state index in [1.54, 1.807) is 21.3 Å². The lowest BCUT2D eigenvalue weighted by molar-refractivity contribution is -0.146. The Morgan fingerprint density at radius 2 is 1.74 bits per heavy atom. The Balaban J connectivity index is 1.40. The van der Waals surface area contributed by atoms with Gasteiger partial charge in [0.2, 0.25) is 11.1 Å². The predicted octanol–water partition coefficient (Wildman–Crippen LogP) is 5.98. The standard InChI is InChI=1S/C32H39N5O4S/c1-4-36(5-2)27(38)20-40-25-18-16-24(17-19-25)29-28(30(39)41-26-14-10-7-11-15-26)22(3)33-31-34-32(35-37(29)31)42-21-23-12-8-6-9-13-23/h6,8-9,12-13,16-19,26,29H,4-5,7,10-11,14-15,20-21H2,1-3H3,(H,33,34,35). The number of rotatable bonds is 11. The van der Waals surface area contributed by atoms with E-state index in [1.165, 1.54) is 12.0 Å². The maximum atomic E-state index is 13.7. The number of benzene rings is 2. The van der Waals surface area contributed by atoms with Crippen molar-refractivity contribution in [1.29, 1.82) is 0 Å². The molecule has 222 valence electrons. The number of fused-ring (bicyclic) bond motifs is 1. The van der Waals surface area contributed by atoms with Crippen molar-refractivity contribution in [1.82, 2.24) is 19.7 Å². The lowest BCUT2D eigenvalue weighted by Gasteiger charge is -2.30. The van der Waals surface area contributed by atoms with Crippen LogP contribution in [-0.4, -0.2) is 57.3 Å². The largest absolute Gasteiger partial charge is 0.484 e. The zero-order chi connectivity index (χ0) is 29.5. The monoisotopic (exact) mass is 589 g/mol. The molecule has 2 aromatic carbocycles. The molecular weight excluding hydrogens is 550 g/mol. The number of aromatic nitrogens is 3. The molecule has 1 fully saturated rings. The van der Waals surface area contributed by atoms with E-state index >= 15 is 0 Å². The van der Waals surface area contributed by atoms with Crippen molar-refractivity contribution in [2.45, 2.75) is 75.9 Å². The van der Waals surface area contributed by atoms with E-state index < -0.39 is 6.04 Å². The molecule has 1 saturated carbocycles. The highest BCUT2D eigenvalue weighted by Crippen LogP contribution is 2.38. The second-order valence-electron chi connectivity index (χ2n) is 10.6. The Hall–Kier alpha value is -3.79. The second kappa shape index (κ2) is 13.9. The highest BCUT2D eigenvalue weighted by molar-refractivity contribution is 7.98. The molecule has 1 amide bonds. The first-order chi connectivity index (χ1) is 20.5. The van der Waals surface area contributed by atoms with E-state index in [9.17, 15) is 9.59 Å². The molecule has 0 saturated heterocycles. The molecule has 0 spiro atoms. The van der Waals surface area contributed by atoms with Crippen molar-refractivity contribution >= 4 is 29.6 Å². The van der Waals surface area contributed by atoms with Gasteiger partial charge in [0.1, 0.15) is 17.9 Å². The number of allylic oxidation sites excluding steroid dienone is 1. The van der Waals surface area contributed by atoms with Crippen LogP contribution in [0.3, 0.4) is 0 Å². The molecule has 1 atom stereocenters. The third-order valence-corrected chi connectivity index (χ3v) is 8.67. The normalized spacial score (nSPS) is 16.9. The summed E-state index contributed by atoms with van der Waals surface area (Å²) in [5, 5.41) is 8.76. The Morgan fingerprint density at radius 3 is 2.43 bits per heavy atom. The lowest BCUT2D eigenvalue weighted by atomic mass is 9.95. The highest BCUT2D eigenvalue weighted by Gasteiger charge is 2.36. The summed E-state index contributed by atoms with van der Waals surface area (Å²) >= 11 is 1.55. The summed E-state index contributed by atoms with van der Waals surface area (Å²) in [6, 6.07) is 17.1. The Morgan fingerprint density at radius 1 is 1.02 bits per heavy atom. The Kier molecular flexibility index (Phi) is 9.84. The van der Waals surface area contributed by atoms with Crippen LogP contribution in [0.25, 0.3) is 0 Å². The summed E-state index contributed by atoms with van der Waals surface area (Å²) < 4.78 is 13.6. The number of carbonyl (C=O) groups is 2. The summed E-state index contributed by atoms with van der Waals surface area (Å²) in [5.74, 6) is 1.50. The minimum Gasteiger partial charge on any atom is -0.484 e. The molecule has 2 aliphatic rings. The van der Waals surface area contributed by atoms with Crippen LogP contribution < -0.4 is 10.1 Å². The lowest BCUT2D eigenvalue weighted by Crippen LogP contribution is -2.34. The van der Waals surface area contributed by atoms with Gasteiger partial charge in [-0.2, -0.15) is 4.98 Å². The van der Waals surface area contributed by atoms with Gasteiger partial charge in [0.05, 0.1) is 5.57 Å². The van der Waals surface area contributed by atoms with Gasteiger partial charge in [-0.1, -0.05) is 60.6 Å². The molecule has 0 radical (unpaired) electrons. The molecule has 1 aliphatic carbocycles. The molecule has 2 heterocycles. The van der Waals surface area contributed by atoms with Crippen molar-refractivity contribution < 1.29 is 19.1 Å². The number of amides is 1. The van der Waals surface area contributed by atoms with Crippen LogP contribution >= 0.6 is 11.8 Å². The maximum Gasteiger partial charge on any atom is 0.338 e. The molecule has 3 aromatic rings. The molecule has 9 nitrogen and oxygen atoms in total. The summed E-state index contributed by atoms with van der Waals surface area (Å²) in [7, 11) is 0. The van der Waals surface area contributed by atoms with Crippen LogP contribution in [0.15, 0.2) is 71.0 Å². The van der Waals surface area contributed by atoms with Crippen LogP contribution in [0.5, 0.6) is 5.75 Å². The number of nitrogens with zero attached hydrogens (tertiary/aromatic N) is 4. The molecule has 1 N–H and O–H groups in total. The third kappa shape index (κ3) is 6.98. The van der Waals surface area contributed by atoms with Gasteiger partial charge in [0.15, 0.2) is 6.61 Å². The quantitative estimate of drug-likeness (QED) is 0.215. The molecular formula is C32H39N5O4S. The summed E-state index contributed by atoms with van der Waals surface area (Å²) in [6.45, 7) is 7.05. The van der Waals surface area contributed by atoms with Crippen LogP contribution in [-0.2, 0) is 20.1 Å². The predicted molar refractivity (Wildman–Crippen MR) is 163 cm³/mol. The molecule has 10 heteroatoms. The minimum atomic E-state index is -0.526. The van der Waals surface area contributed by atoms with Gasteiger partial charge in [0.25, 0.3) is 5.91 Å². The fourth-order valence-corrected chi connectivity index (χ4v) is 6.23. The van der Waals surface area contributed by atoms with Crippen molar-refractivity contribution in [3.8, 4) is 5.75 Å². The highest BCUT2D eigenvalue weighted by atomic mass is 32.2. The van der Waals surface area contributed by atoms with E-state index in [-0.39, 0.29) is 24.6 Å². The number of ether oxygens (including phenoxy) is 2. The van der Waals surface area contributed by atoms with Gasteiger partial charge >= 0.3 is 5.97 Å². The molecule has 1 unspecified atom stereocenters. The van der Waals surface area contributed by atoms with Crippen LogP contribution in [0.4, 0.5) is 5.95 Å². The van der Waals surface area contributed by atoms with Crippen LogP contribution in [0.1, 0.15) is 70.0 Å². The first kappa shape index (κ1) is 29.7. The average Bonchev–Trinajstić information content (AvgIpc) is 3.42. The number of hydrogen-bond donors (Lipinski definition) is 1. The summed E-state index contributed by atoms with van der Waals surface area (Å²) in [6.07, 6.45) is 5.05. The molecule has 1 aromatic heterocycles. The Labute approximate surface area is 251 Å². The smallest absolute Gasteiger partial charge is 0.338 e. The minimum absolute atomic E-state index is 0.0262. The number of anilines is 1. The van der Waals surface area contributed by atoms with Gasteiger partial charge in [-0.05, 0) is 69.7 Å². The van der Waals surface area contributed by atoms with Gasteiger partial charge < -0.3 is 19.7 Å². The van der Waals surface area contributed by atoms with E-state index in [4.69, 9.17) is 19.6 Å². The number of thioether (sulfide) groups is 1. The van der Waals surface area contributed by atoms with Gasteiger partial charge in [-0.25, -0.2) is 9.48 Å². The van der Waals surface area contributed by atoms with E-state index in [2.05, 4.69) is 17.4 Å². The van der Waals surface area contributed by atoms with Crippen molar-refractivity contribution in [2.24, 2.45) is 0 Å². The van der Waals surface area contributed by atoms with Crippen molar-refractivity contribution in [3.63, 3.8) is 0 Å². The van der Waals surface area contributed by atoms with Gasteiger partial charge in [-0.15, -0.1) is 5.10 Å². The van der Waals surface area contributed by atoms with E-state index in [0.717, 1.165) is 37.0 Å². The van der Waals surface area contributed by atoms with Crippen molar-refractivity contribution in [3.05, 3.63) is 77.0 Å². The number of likely N-dealkylation sites (N-methyl/N-ethyl adjacent to an activating group) is 1.